The SMILES string of the molecule is C/C(=N\NC(=S)N1CCN(c2ccccc2)CC1)c1cnccn1. The molecule has 24 heavy (non-hydrogen) atoms. The molecule has 0 saturated carbocycles. The molecule has 124 valence electrons. The number of nitrogens with one attached hydrogen (secondary N) is 1. The Hall–Kier alpha value is -2.54. The van der Waals surface area contributed by atoms with E-state index < -0.39 is 0 Å². The van der Waals surface area contributed by atoms with Gasteiger partial charge < -0.3 is 9.80 Å². The summed E-state index contributed by atoms with van der Waals surface area (Å²) in [4.78, 5) is 12.8. The third kappa shape index (κ3) is 4.05. The maximum absolute atomic E-state index is 5.45. The Balaban J connectivity index is 1.52. The predicted octanol–water partition coefficient (Wildman–Crippen LogP) is 1.90. The molecule has 0 atom stereocenters. The van der Waals surface area contributed by atoms with Crippen molar-refractivity contribution in [2.45, 2.75) is 6.92 Å². The molecule has 3 rings (SSSR count). The van der Waals surface area contributed by atoms with Crippen LogP contribution in [0.4, 0.5) is 5.69 Å². The van der Waals surface area contributed by atoms with Gasteiger partial charge in [-0.2, -0.15) is 5.10 Å². The third-order valence-electron chi connectivity index (χ3n) is 3.94. The number of hydrogen-bond acceptors (Lipinski definition) is 5. The van der Waals surface area contributed by atoms with Gasteiger partial charge in [-0.25, -0.2) is 0 Å². The maximum Gasteiger partial charge on any atom is 0.189 e. The molecule has 2 heterocycles. The Bertz CT molecular complexity index is 696. The lowest BCUT2D eigenvalue weighted by Crippen LogP contribution is -2.51. The number of anilines is 1. The van der Waals surface area contributed by atoms with Crippen molar-refractivity contribution in [3.05, 3.63) is 54.6 Å². The van der Waals surface area contributed by atoms with Crippen LogP contribution in [0.2, 0.25) is 0 Å². The molecule has 0 spiro atoms. The second-order valence-electron chi connectivity index (χ2n) is 5.51. The van der Waals surface area contributed by atoms with Crippen molar-refractivity contribution in [2.75, 3.05) is 31.1 Å². The van der Waals surface area contributed by atoms with Crippen LogP contribution in [0.3, 0.4) is 0 Å². The summed E-state index contributed by atoms with van der Waals surface area (Å²) in [6, 6.07) is 10.5. The molecule has 1 aliphatic heterocycles. The summed E-state index contributed by atoms with van der Waals surface area (Å²) < 4.78 is 0. The second-order valence-corrected chi connectivity index (χ2v) is 5.90. The molecular weight excluding hydrogens is 320 g/mol. The van der Waals surface area contributed by atoms with Gasteiger partial charge in [0.15, 0.2) is 5.11 Å². The largest absolute Gasteiger partial charge is 0.368 e. The minimum atomic E-state index is 0.644. The zero-order chi connectivity index (χ0) is 16.8. The van der Waals surface area contributed by atoms with Crippen LogP contribution < -0.4 is 10.3 Å². The number of rotatable bonds is 3. The number of thiocarbonyl (C=S) groups is 1. The van der Waals surface area contributed by atoms with Crippen LogP contribution in [0.15, 0.2) is 54.0 Å². The summed E-state index contributed by atoms with van der Waals surface area (Å²) >= 11 is 5.45. The monoisotopic (exact) mass is 340 g/mol. The van der Waals surface area contributed by atoms with Crippen LogP contribution in [-0.2, 0) is 0 Å². The van der Waals surface area contributed by atoms with Crippen molar-refractivity contribution in [1.29, 1.82) is 0 Å². The van der Waals surface area contributed by atoms with E-state index in [4.69, 9.17) is 12.2 Å². The summed E-state index contributed by atoms with van der Waals surface area (Å²) in [7, 11) is 0. The lowest BCUT2D eigenvalue weighted by atomic mass is 10.2. The van der Waals surface area contributed by atoms with Gasteiger partial charge in [-0.1, -0.05) is 18.2 Å². The van der Waals surface area contributed by atoms with E-state index in [1.807, 2.05) is 13.0 Å². The number of aromatic nitrogens is 2. The summed E-state index contributed by atoms with van der Waals surface area (Å²) in [5.74, 6) is 0. The van der Waals surface area contributed by atoms with Crippen LogP contribution in [0.5, 0.6) is 0 Å². The highest BCUT2D eigenvalue weighted by atomic mass is 32.1. The van der Waals surface area contributed by atoms with Crippen LogP contribution in [0.1, 0.15) is 12.6 Å². The number of piperazine rings is 1. The summed E-state index contributed by atoms with van der Waals surface area (Å²) in [6.07, 6.45) is 4.97. The minimum absolute atomic E-state index is 0.644. The van der Waals surface area contributed by atoms with Gasteiger partial charge in [0.25, 0.3) is 0 Å². The zero-order valence-corrected chi connectivity index (χ0v) is 14.4. The lowest BCUT2D eigenvalue weighted by molar-refractivity contribution is 0.381. The molecule has 6 nitrogen and oxygen atoms in total. The van der Waals surface area contributed by atoms with Crippen molar-refractivity contribution >= 4 is 28.7 Å². The van der Waals surface area contributed by atoms with Gasteiger partial charge in [0.2, 0.25) is 0 Å². The van der Waals surface area contributed by atoms with Gasteiger partial charge in [-0.3, -0.25) is 15.4 Å². The molecule has 2 aromatic rings. The number of hydrazone groups is 1. The first-order valence-electron chi connectivity index (χ1n) is 7.89. The highest BCUT2D eigenvalue weighted by molar-refractivity contribution is 7.80. The van der Waals surface area contributed by atoms with Gasteiger partial charge in [-0.05, 0) is 31.3 Å². The molecule has 1 aliphatic rings. The smallest absolute Gasteiger partial charge is 0.189 e. The molecule has 0 bridgehead atoms. The fourth-order valence-corrected chi connectivity index (χ4v) is 2.78. The normalized spacial score (nSPS) is 15.3. The van der Waals surface area contributed by atoms with E-state index in [9.17, 15) is 0 Å². The molecular formula is C17H20N6S. The summed E-state index contributed by atoms with van der Waals surface area (Å²) in [6.45, 7) is 5.52. The van der Waals surface area contributed by atoms with E-state index in [2.05, 4.69) is 54.6 Å². The summed E-state index contributed by atoms with van der Waals surface area (Å²) in [5, 5.41) is 4.96. The number of para-hydroxylation sites is 1. The van der Waals surface area contributed by atoms with Gasteiger partial charge in [0, 0.05) is 44.3 Å². The molecule has 1 aromatic carbocycles. The van der Waals surface area contributed by atoms with E-state index in [1.165, 1.54) is 5.69 Å². The Morgan fingerprint density at radius 2 is 1.88 bits per heavy atom. The Morgan fingerprint density at radius 3 is 2.54 bits per heavy atom. The van der Waals surface area contributed by atoms with Crippen molar-refractivity contribution in [3.8, 4) is 0 Å². The highest BCUT2D eigenvalue weighted by Crippen LogP contribution is 2.15. The molecule has 7 heteroatoms. The summed E-state index contributed by atoms with van der Waals surface area (Å²) in [5.41, 5.74) is 5.72. The topological polar surface area (TPSA) is 56.7 Å². The average Bonchev–Trinajstić information content (AvgIpc) is 2.67. The first kappa shape index (κ1) is 16.3. The van der Waals surface area contributed by atoms with Crippen LogP contribution in [0.25, 0.3) is 0 Å². The first-order chi connectivity index (χ1) is 11.7. The van der Waals surface area contributed by atoms with Gasteiger partial charge in [0.05, 0.1) is 11.9 Å². The lowest BCUT2D eigenvalue weighted by Gasteiger charge is -2.37. The molecule has 0 amide bonds. The Kier molecular flexibility index (Phi) is 5.32. The number of benzene rings is 1. The predicted molar refractivity (Wildman–Crippen MR) is 100 cm³/mol. The van der Waals surface area contributed by atoms with E-state index >= 15 is 0 Å². The Labute approximate surface area is 147 Å². The first-order valence-corrected chi connectivity index (χ1v) is 8.30. The van der Waals surface area contributed by atoms with Crippen molar-refractivity contribution in [2.24, 2.45) is 5.10 Å². The van der Waals surface area contributed by atoms with E-state index in [1.54, 1.807) is 18.6 Å². The van der Waals surface area contributed by atoms with Gasteiger partial charge >= 0.3 is 0 Å². The van der Waals surface area contributed by atoms with E-state index in [0.29, 0.717) is 5.11 Å². The second kappa shape index (κ2) is 7.83. The third-order valence-corrected chi connectivity index (χ3v) is 4.29. The molecule has 1 fully saturated rings. The minimum Gasteiger partial charge on any atom is -0.368 e. The fourth-order valence-electron chi connectivity index (χ4n) is 2.55. The molecule has 1 saturated heterocycles. The number of hydrogen-bond donors (Lipinski definition) is 1. The van der Waals surface area contributed by atoms with Crippen molar-refractivity contribution in [1.82, 2.24) is 20.3 Å². The molecule has 0 aliphatic carbocycles. The molecule has 1 N–H and O–H groups in total. The van der Waals surface area contributed by atoms with E-state index in [0.717, 1.165) is 37.6 Å². The van der Waals surface area contributed by atoms with E-state index in [-0.39, 0.29) is 0 Å². The number of nitrogens with zero attached hydrogens (tertiary/aromatic N) is 5. The molecule has 1 aromatic heterocycles. The van der Waals surface area contributed by atoms with Crippen molar-refractivity contribution in [3.63, 3.8) is 0 Å². The zero-order valence-electron chi connectivity index (χ0n) is 13.6. The average molecular weight is 340 g/mol. The van der Waals surface area contributed by atoms with Gasteiger partial charge in [0.1, 0.15) is 5.69 Å². The highest BCUT2D eigenvalue weighted by Gasteiger charge is 2.18. The van der Waals surface area contributed by atoms with Crippen molar-refractivity contribution < 1.29 is 0 Å². The van der Waals surface area contributed by atoms with Gasteiger partial charge in [-0.15, -0.1) is 0 Å². The molecule has 0 unspecified atom stereocenters. The quantitative estimate of drug-likeness (QED) is 0.523. The van der Waals surface area contributed by atoms with Crippen LogP contribution >= 0.6 is 12.2 Å². The fraction of sp³-hybridized carbons (Fsp3) is 0.294. The van der Waals surface area contributed by atoms with Crippen LogP contribution in [-0.4, -0.2) is 51.9 Å². The maximum atomic E-state index is 5.45. The Morgan fingerprint density at radius 1 is 1.12 bits per heavy atom. The van der Waals surface area contributed by atoms with Crippen LogP contribution in [0, 0.1) is 0 Å². The standard InChI is InChI=1S/C17H20N6S/c1-14(16-13-18-7-8-19-16)20-21-17(24)23-11-9-22(10-12-23)15-5-3-2-4-6-15/h2-8,13H,9-12H2,1H3,(H,21,24)/b20-14+. The molecule has 0 radical (unpaired) electrons.